The van der Waals surface area contributed by atoms with Crippen molar-refractivity contribution in [2.45, 2.75) is 19.8 Å². The van der Waals surface area contributed by atoms with Gasteiger partial charge >= 0.3 is 0 Å². The van der Waals surface area contributed by atoms with Crippen molar-refractivity contribution in [2.75, 3.05) is 5.32 Å². The number of benzene rings is 2. The molecule has 0 fully saturated rings. The van der Waals surface area contributed by atoms with Gasteiger partial charge in [0.15, 0.2) is 5.82 Å². The number of H-pyrrole nitrogens is 1. The second-order valence-corrected chi connectivity index (χ2v) is 5.46. The minimum Gasteiger partial charge on any atom is -0.305 e. The van der Waals surface area contributed by atoms with Crippen LogP contribution >= 0.6 is 0 Å². The van der Waals surface area contributed by atoms with Crippen LogP contribution < -0.4 is 5.32 Å². The Morgan fingerprint density at radius 2 is 1.91 bits per heavy atom. The number of aromatic amines is 1. The highest BCUT2D eigenvalue weighted by molar-refractivity contribution is 6.08. The number of nitrogens with one attached hydrogen (secondary N) is 2. The highest BCUT2D eigenvalue weighted by Crippen LogP contribution is 2.28. The van der Waals surface area contributed by atoms with Crippen LogP contribution in [0.5, 0.6) is 0 Å². The molecule has 112 valence electrons. The van der Waals surface area contributed by atoms with E-state index in [-0.39, 0.29) is 11.7 Å². The number of carbonyl (C=O) groups is 1. The molecule has 0 aliphatic heterocycles. The molecule has 0 saturated heterocycles. The normalized spacial score (nSPS) is 11.1. The largest absolute Gasteiger partial charge is 0.305 e. The van der Waals surface area contributed by atoms with E-state index in [2.05, 4.69) is 29.4 Å². The Kier molecular flexibility index (Phi) is 3.63. The number of rotatable bonds is 3. The molecule has 5 heteroatoms. The first kappa shape index (κ1) is 14.3. The van der Waals surface area contributed by atoms with E-state index in [4.69, 9.17) is 0 Å². The third-order valence-electron chi connectivity index (χ3n) is 3.59. The summed E-state index contributed by atoms with van der Waals surface area (Å²) in [5.74, 6) is 0.142. The van der Waals surface area contributed by atoms with Gasteiger partial charge < -0.3 is 5.32 Å². The average Bonchev–Trinajstić information content (AvgIpc) is 2.91. The summed E-state index contributed by atoms with van der Waals surface area (Å²) in [6, 6.07) is 11.3. The van der Waals surface area contributed by atoms with Crippen LogP contribution in [-0.2, 0) is 0 Å². The lowest BCUT2D eigenvalue weighted by Gasteiger charge is -2.06. The molecule has 3 rings (SSSR count). The van der Waals surface area contributed by atoms with Crippen molar-refractivity contribution in [1.82, 2.24) is 10.2 Å². The Hall–Kier alpha value is -2.69. The number of anilines is 1. The lowest BCUT2D eigenvalue weighted by molar-refractivity contribution is 0.102. The second-order valence-electron chi connectivity index (χ2n) is 5.46. The number of fused-ring (bicyclic) bond motifs is 1. The summed E-state index contributed by atoms with van der Waals surface area (Å²) in [6.07, 6.45) is 0. The predicted octanol–water partition coefficient (Wildman–Crippen LogP) is 4.08. The van der Waals surface area contributed by atoms with Crippen LogP contribution in [0.15, 0.2) is 42.5 Å². The molecule has 4 nitrogen and oxygen atoms in total. The average molecular weight is 297 g/mol. The molecule has 0 bridgehead atoms. The molecule has 2 N–H and O–H groups in total. The minimum absolute atomic E-state index is 0.316. The van der Waals surface area contributed by atoms with Crippen molar-refractivity contribution < 1.29 is 9.18 Å². The number of hydrogen-bond donors (Lipinski definition) is 2. The molecule has 2 aromatic carbocycles. The Morgan fingerprint density at radius 1 is 1.18 bits per heavy atom. The van der Waals surface area contributed by atoms with Gasteiger partial charge in [-0.15, -0.1) is 0 Å². The van der Waals surface area contributed by atoms with E-state index in [0.717, 1.165) is 16.5 Å². The molecule has 0 unspecified atom stereocenters. The number of carbonyl (C=O) groups excluding carboxylic acids is 1. The van der Waals surface area contributed by atoms with Gasteiger partial charge in [-0.25, -0.2) is 4.39 Å². The fraction of sp³-hybridized carbons (Fsp3) is 0.176. The highest BCUT2D eigenvalue weighted by atomic mass is 19.1. The molecule has 0 saturated carbocycles. The van der Waals surface area contributed by atoms with E-state index in [1.54, 1.807) is 0 Å². The van der Waals surface area contributed by atoms with E-state index in [0.29, 0.717) is 17.3 Å². The number of aromatic nitrogens is 2. The number of nitrogens with zero attached hydrogens (tertiary/aromatic N) is 1. The zero-order valence-corrected chi connectivity index (χ0v) is 12.4. The second kappa shape index (κ2) is 5.60. The van der Waals surface area contributed by atoms with E-state index >= 15 is 0 Å². The van der Waals surface area contributed by atoms with Gasteiger partial charge in [-0.05, 0) is 41.8 Å². The Labute approximate surface area is 127 Å². The standard InChI is InChI=1S/C17H16FN3O/c1-10(2)13-4-3-5-14-15(13)20-21-16(14)19-17(22)11-6-8-12(18)9-7-11/h3-10H,1-2H3,(H2,19,20,21,22). The van der Waals surface area contributed by atoms with Crippen molar-refractivity contribution >= 4 is 22.6 Å². The van der Waals surface area contributed by atoms with Crippen LogP contribution in [0.4, 0.5) is 10.2 Å². The minimum atomic E-state index is -0.372. The third-order valence-corrected chi connectivity index (χ3v) is 3.59. The van der Waals surface area contributed by atoms with Gasteiger partial charge in [-0.1, -0.05) is 26.0 Å². The lowest BCUT2D eigenvalue weighted by Crippen LogP contribution is -2.12. The summed E-state index contributed by atoms with van der Waals surface area (Å²) in [4.78, 5) is 12.2. The predicted molar refractivity (Wildman–Crippen MR) is 84.5 cm³/mol. The molecular weight excluding hydrogens is 281 g/mol. The van der Waals surface area contributed by atoms with Crippen LogP contribution in [-0.4, -0.2) is 16.1 Å². The van der Waals surface area contributed by atoms with Crippen molar-refractivity contribution in [2.24, 2.45) is 0 Å². The summed E-state index contributed by atoms with van der Waals surface area (Å²) in [6.45, 7) is 4.21. The number of hydrogen-bond acceptors (Lipinski definition) is 2. The molecule has 1 aromatic heterocycles. The molecule has 22 heavy (non-hydrogen) atoms. The van der Waals surface area contributed by atoms with Gasteiger partial charge in [0, 0.05) is 10.9 Å². The van der Waals surface area contributed by atoms with Crippen LogP contribution in [0.2, 0.25) is 0 Å². The quantitative estimate of drug-likeness (QED) is 0.765. The van der Waals surface area contributed by atoms with Crippen LogP contribution in [0.1, 0.15) is 35.7 Å². The molecule has 3 aromatic rings. The summed E-state index contributed by atoms with van der Waals surface area (Å²) in [5, 5.41) is 10.8. The number of halogens is 1. The maximum atomic E-state index is 12.9. The van der Waals surface area contributed by atoms with Crippen LogP contribution in [0.3, 0.4) is 0 Å². The first-order valence-electron chi connectivity index (χ1n) is 7.10. The van der Waals surface area contributed by atoms with E-state index in [9.17, 15) is 9.18 Å². The zero-order valence-electron chi connectivity index (χ0n) is 12.4. The van der Waals surface area contributed by atoms with Gasteiger partial charge in [-0.3, -0.25) is 9.89 Å². The molecular formula is C17H16FN3O. The zero-order chi connectivity index (χ0) is 15.7. The summed E-state index contributed by atoms with van der Waals surface area (Å²) in [7, 11) is 0. The maximum Gasteiger partial charge on any atom is 0.256 e. The Morgan fingerprint density at radius 3 is 2.59 bits per heavy atom. The SMILES string of the molecule is CC(C)c1cccc2c(NC(=O)c3ccc(F)cc3)n[nH]c12. The van der Waals surface area contributed by atoms with Crippen molar-refractivity contribution in [3.05, 3.63) is 59.4 Å². The molecule has 1 amide bonds. The summed E-state index contributed by atoms with van der Waals surface area (Å²) >= 11 is 0. The monoisotopic (exact) mass is 297 g/mol. The topological polar surface area (TPSA) is 57.8 Å². The molecule has 0 atom stereocenters. The third kappa shape index (κ3) is 2.57. The fourth-order valence-corrected chi connectivity index (χ4v) is 2.42. The number of amides is 1. The van der Waals surface area contributed by atoms with E-state index < -0.39 is 0 Å². The Bertz CT molecular complexity index is 822. The van der Waals surface area contributed by atoms with Gasteiger partial charge in [-0.2, -0.15) is 5.10 Å². The van der Waals surface area contributed by atoms with E-state index in [1.807, 2.05) is 18.2 Å². The molecule has 0 aliphatic carbocycles. The van der Waals surface area contributed by atoms with Gasteiger partial charge in [0.1, 0.15) is 5.82 Å². The maximum absolute atomic E-state index is 12.9. The van der Waals surface area contributed by atoms with Gasteiger partial charge in [0.25, 0.3) is 5.91 Å². The molecule has 0 radical (unpaired) electrons. The first-order valence-corrected chi connectivity index (χ1v) is 7.10. The summed E-state index contributed by atoms with van der Waals surface area (Å²) < 4.78 is 12.9. The van der Waals surface area contributed by atoms with Crippen molar-refractivity contribution in [3.8, 4) is 0 Å². The van der Waals surface area contributed by atoms with Crippen molar-refractivity contribution in [3.63, 3.8) is 0 Å². The fourth-order valence-electron chi connectivity index (χ4n) is 2.42. The van der Waals surface area contributed by atoms with Crippen LogP contribution in [0.25, 0.3) is 10.9 Å². The van der Waals surface area contributed by atoms with Crippen LogP contribution in [0, 0.1) is 5.82 Å². The summed E-state index contributed by atoms with van der Waals surface area (Å²) in [5.41, 5.74) is 2.46. The molecule has 0 aliphatic rings. The van der Waals surface area contributed by atoms with Gasteiger partial charge in [0.2, 0.25) is 0 Å². The van der Waals surface area contributed by atoms with Crippen molar-refractivity contribution in [1.29, 1.82) is 0 Å². The Balaban J connectivity index is 1.93. The molecule has 1 heterocycles. The highest BCUT2D eigenvalue weighted by Gasteiger charge is 2.14. The first-order chi connectivity index (χ1) is 10.6. The number of para-hydroxylation sites is 1. The molecule has 0 spiro atoms. The smallest absolute Gasteiger partial charge is 0.256 e. The lowest BCUT2D eigenvalue weighted by atomic mass is 10.0. The van der Waals surface area contributed by atoms with Gasteiger partial charge in [0.05, 0.1) is 5.52 Å². The van der Waals surface area contributed by atoms with E-state index in [1.165, 1.54) is 24.3 Å².